The molecule has 2 aromatic rings. The van der Waals surface area contributed by atoms with Gasteiger partial charge in [-0.15, -0.1) is 0 Å². The molecule has 0 saturated carbocycles. The Morgan fingerprint density at radius 2 is 2.10 bits per heavy atom. The van der Waals surface area contributed by atoms with Crippen LogP contribution in [-0.2, 0) is 4.79 Å². The van der Waals surface area contributed by atoms with Crippen LogP contribution in [-0.4, -0.2) is 33.4 Å². The summed E-state index contributed by atoms with van der Waals surface area (Å²) in [6.45, 7) is 7.21. The highest BCUT2D eigenvalue weighted by molar-refractivity contribution is 7.71. The van der Waals surface area contributed by atoms with E-state index in [9.17, 15) is 4.79 Å². The highest BCUT2D eigenvalue weighted by atomic mass is 35.5. The molecule has 4 nitrogen and oxygen atoms in total. The quantitative estimate of drug-likeness (QED) is 0.873. The fourth-order valence-electron chi connectivity index (χ4n) is 2.40. The first kappa shape index (κ1) is 15.1. The zero-order valence-corrected chi connectivity index (χ0v) is 13.4. The van der Waals surface area contributed by atoms with E-state index in [0.717, 1.165) is 11.0 Å². The smallest absolute Gasteiger partial charge is 0.245 e. The summed E-state index contributed by atoms with van der Waals surface area (Å²) in [5.74, 6) is 0.0713. The summed E-state index contributed by atoms with van der Waals surface area (Å²) in [4.78, 5) is 17.4. The van der Waals surface area contributed by atoms with Gasteiger partial charge in [-0.1, -0.05) is 11.6 Å². The van der Waals surface area contributed by atoms with Crippen LogP contribution in [0.4, 0.5) is 0 Å². The Kier molecular flexibility index (Phi) is 4.50. The van der Waals surface area contributed by atoms with Crippen molar-refractivity contribution in [3.63, 3.8) is 0 Å². The Morgan fingerprint density at radius 3 is 2.70 bits per heavy atom. The molecule has 0 spiro atoms. The molecular weight excluding hydrogens is 294 g/mol. The highest BCUT2D eigenvalue weighted by Gasteiger charge is 2.22. The number of imidazole rings is 1. The molecule has 6 heteroatoms. The first-order valence-corrected chi connectivity index (χ1v) is 7.46. The second-order valence-corrected chi connectivity index (χ2v) is 5.47. The summed E-state index contributed by atoms with van der Waals surface area (Å²) in [7, 11) is 0. The predicted octanol–water partition coefficient (Wildman–Crippen LogP) is 3.78. The molecule has 1 aromatic carbocycles. The maximum absolute atomic E-state index is 12.5. The number of likely N-dealkylation sites (N-methyl/N-ethyl adjacent to an activating group) is 1. The third-order valence-electron chi connectivity index (χ3n) is 3.50. The van der Waals surface area contributed by atoms with Gasteiger partial charge in [-0.2, -0.15) is 0 Å². The minimum absolute atomic E-state index is 0.0713. The Bertz CT molecular complexity index is 687. The van der Waals surface area contributed by atoms with Crippen molar-refractivity contribution in [1.82, 2.24) is 14.5 Å². The third-order valence-corrected chi connectivity index (χ3v) is 4.03. The number of carbonyl (C=O) groups is 1. The molecule has 0 radical (unpaired) electrons. The molecule has 2 rings (SSSR count). The summed E-state index contributed by atoms with van der Waals surface area (Å²) in [6, 6.07) is 5.17. The maximum atomic E-state index is 12.5. The van der Waals surface area contributed by atoms with Crippen molar-refractivity contribution >= 4 is 40.8 Å². The molecule has 0 fully saturated rings. The highest BCUT2D eigenvalue weighted by Crippen LogP contribution is 2.23. The lowest BCUT2D eigenvalue weighted by atomic mass is 10.2. The fourth-order valence-corrected chi connectivity index (χ4v) is 2.94. The molecule has 1 amide bonds. The first-order valence-electron chi connectivity index (χ1n) is 6.68. The Hall–Kier alpha value is -1.33. The lowest BCUT2D eigenvalue weighted by Crippen LogP contribution is -2.36. The average molecular weight is 312 g/mol. The predicted molar refractivity (Wildman–Crippen MR) is 84.8 cm³/mol. The number of halogens is 1. The van der Waals surface area contributed by atoms with Gasteiger partial charge in [0.1, 0.15) is 6.04 Å². The zero-order valence-electron chi connectivity index (χ0n) is 11.8. The van der Waals surface area contributed by atoms with Gasteiger partial charge >= 0.3 is 0 Å². The van der Waals surface area contributed by atoms with Gasteiger partial charge in [0.25, 0.3) is 0 Å². The van der Waals surface area contributed by atoms with Gasteiger partial charge in [-0.3, -0.25) is 4.79 Å². The Morgan fingerprint density at radius 1 is 1.45 bits per heavy atom. The second-order valence-electron chi connectivity index (χ2n) is 4.65. The van der Waals surface area contributed by atoms with E-state index >= 15 is 0 Å². The van der Waals surface area contributed by atoms with Crippen molar-refractivity contribution in [2.75, 3.05) is 13.1 Å². The molecule has 1 heterocycles. The minimum atomic E-state index is -0.336. The molecule has 20 heavy (non-hydrogen) atoms. The lowest BCUT2D eigenvalue weighted by molar-refractivity contribution is -0.133. The summed E-state index contributed by atoms with van der Waals surface area (Å²) >= 11 is 11.3. The number of aromatic amines is 1. The molecule has 0 aliphatic carbocycles. The Balaban J connectivity index is 2.49. The number of fused-ring (bicyclic) bond motifs is 1. The first-order chi connectivity index (χ1) is 9.49. The summed E-state index contributed by atoms with van der Waals surface area (Å²) in [5.41, 5.74) is 1.74. The maximum Gasteiger partial charge on any atom is 0.245 e. The molecule has 1 N–H and O–H groups in total. The average Bonchev–Trinajstić information content (AvgIpc) is 2.74. The summed E-state index contributed by atoms with van der Waals surface area (Å²) in [5, 5.41) is 0.642. The second kappa shape index (κ2) is 5.97. The van der Waals surface area contributed by atoms with Gasteiger partial charge < -0.3 is 14.5 Å². The number of hydrogen-bond donors (Lipinski definition) is 1. The van der Waals surface area contributed by atoms with Gasteiger partial charge in [0.2, 0.25) is 5.91 Å². The topological polar surface area (TPSA) is 41.0 Å². The number of benzene rings is 1. The van der Waals surface area contributed by atoms with Crippen molar-refractivity contribution in [3.8, 4) is 0 Å². The van der Waals surface area contributed by atoms with E-state index in [4.69, 9.17) is 23.8 Å². The zero-order chi connectivity index (χ0) is 14.9. The molecule has 0 aliphatic heterocycles. The van der Waals surface area contributed by atoms with E-state index in [0.29, 0.717) is 22.9 Å². The van der Waals surface area contributed by atoms with Crippen molar-refractivity contribution in [1.29, 1.82) is 0 Å². The van der Waals surface area contributed by atoms with E-state index < -0.39 is 0 Å². The van der Waals surface area contributed by atoms with Crippen LogP contribution in [0.3, 0.4) is 0 Å². The SMILES string of the molecule is CCN(CC)C(=O)C(C)n1c(=S)[nH]c2cc(Cl)ccc21. The normalized spacial score (nSPS) is 12.6. The number of amides is 1. The largest absolute Gasteiger partial charge is 0.341 e. The van der Waals surface area contributed by atoms with Crippen LogP contribution in [0.2, 0.25) is 5.02 Å². The Labute approximate surface area is 128 Å². The third kappa shape index (κ3) is 2.60. The van der Waals surface area contributed by atoms with E-state index in [1.165, 1.54) is 0 Å². The van der Waals surface area contributed by atoms with Crippen molar-refractivity contribution in [2.24, 2.45) is 0 Å². The van der Waals surface area contributed by atoms with E-state index in [2.05, 4.69) is 4.98 Å². The molecular formula is C14H18ClN3OS. The number of nitrogens with zero attached hydrogens (tertiary/aromatic N) is 2. The molecule has 1 unspecified atom stereocenters. The number of carbonyl (C=O) groups excluding carboxylic acids is 1. The number of aromatic nitrogens is 2. The van der Waals surface area contributed by atoms with Crippen LogP contribution in [0.1, 0.15) is 26.8 Å². The molecule has 0 saturated heterocycles. The van der Waals surface area contributed by atoms with Gasteiger partial charge in [0.15, 0.2) is 4.77 Å². The van der Waals surface area contributed by atoms with Crippen LogP contribution < -0.4 is 0 Å². The van der Waals surface area contributed by atoms with Gasteiger partial charge in [-0.05, 0) is 51.2 Å². The van der Waals surface area contributed by atoms with Gasteiger partial charge in [0.05, 0.1) is 11.0 Å². The molecule has 108 valence electrons. The molecule has 0 bridgehead atoms. The van der Waals surface area contributed by atoms with Crippen LogP contribution in [0, 0.1) is 4.77 Å². The van der Waals surface area contributed by atoms with Crippen molar-refractivity contribution in [3.05, 3.63) is 28.0 Å². The van der Waals surface area contributed by atoms with Gasteiger partial charge in [-0.25, -0.2) is 0 Å². The fraction of sp³-hybridized carbons (Fsp3) is 0.429. The monoisotopic (exact) mass is 311 g/mol. The van der Waals surface area contributed by atoms with Gasteiger partial charge in [0, 0.05) is 18.1 Å². The van der Waals surface area contributed by atoms with Crippen LogP contribution in [0.5, 0.6) is 0 Å². The minimum Gasteiger partial charge on any atom is -0.341 e. The van der Waals surface area contributed by atoms with Crippen molar-refractivity contribution < 1.29 is 4.79 Å². The number of hydrogen-bond acceptors (Lipinski definition) is 2. The van der Waals surface area contributed by atoms with Crippen molar-refractivity contribution in [2.45, 2.75) is 26.8 Å². The molecule has 1 aromatic heterocycles. The van der Waals surface area contributed by atoms with E-state index in [-0.39, 0.29) is 11.9 Å². The van der Waals surface area contributed by atoms with E-state index in [1.54, 1.807) is 11.0 Å². The van der Waals surface area contributed by atoms with Crippen LogP contribution in [0.25, 0.3) is 11.0 Å². The molecule has 0 aliphatic rings. The summed E-state index contributed by atoms with van der Waals surface area (Å²) < 4.78 is 2.39. The number of nitrogens with one attached hydrogen (secondary N) is 1. The number of H-pyrrole nitrogens is 1. The summed E-state index contributed by atoms with van der Waals surface area (Å²) in [6.07, 6.45) is 0. The van der Waals surface area contributed by atoms with Crippen LogP contribution >= 0.6 is 23.8 Å². The lowest BCUT2D eigenvalue weighted by Gasteiger charge is -2.24. The van der Waals surface area contributed by atoms with Crippen LogP contribution in [0.15, 0.2) is 18.2 Å². The van der Waals surface area contributed by atoms with E-state index in [1.807, 2.05) is 37.5 Å². The molecule has 1 atom stereocenters. The number of rotatable bonds is 4. The standard InChI is InChI=1S/C14H18ClN3OS/c1-4-17(5-2)13(19)9(3)18-12-7-6-10(15)8-11(12)16-14(18)20/h6-9H,4-5H2,1-3H3,(H,16,20).